The highest BCUT2D eigenvalue weighted by atomic mass is 16.5. The summed E-state index contributed by atoms with van der Waals surface area (Å²) >= 11 is 0. The molecule has 0 amide bonds. The lowest BCUT2D eigenvalue weighted by Gasteiger charge is -2.08. The van der Waals surface area contributed by atoms with Gasteiger partial charge >= 0.3 is 0 Å². The molecule has 0 fully saturated rings. The minimum atomic E-state index is -0.121. The van der Waals surface area contributed by atoms with Crippen molar-refractivity contribution in [3.63, 3.8) is 0 Å². The number of hydrogen-bond donors (Lipinski definition) is 0. The van der Waals surface area contributed by atoms with Crippen LogP contribution in [0.25, 0.3) is 16.8 Å². The largest absolute Gasteiger partial charge is 0.497 e. The second-order valence-electron chi connectivity index (χ2n) is 5.25. The van der Waals surface area contributed by atoms with E-state index in [0.29, 0.717) is 17.1 Å². The maximum atomic E-state index is 12.4. The average molecular weight is 319 g/mol. The predicted molar refractivity (Wildman–Crippen MR) is 94.7 cm³/mol. The second-order valence-corrected chi connectivity index (χ2v) is 5.25. The Labute approximate surface area is 140 Å². The van der Waals surface area contributed by atoms with Crippen molar-refractivity contribution in [1.29, 1.82) is 0 Å². The first-order valence-electron chi connectivity index (χ1n) is 7.49. The van der Waals surface area contributed by atoms with Gasteiger partial charge in [0.05, 0.1) is 19.8 Å². The van der Waals surface area contributed by atoms with Crippen LogP contribution in [0.4, 0.5) is 0 Å². The Morgan fingerprint density at radius 1 is 1.00 bits per heavy atom. The predicted octanol–water partition coefficient (Wildman–Crippen LogP) is 4.15. The molecular formula is C20H17NO3. The summed E-state index contributed by atoms with van der Waals surface area (Å²) in [6, 6.07) is 13.1. The number of ketones is 1. The van der Waals surface area contributed by atoms with Crippen molar-refractivity contribution < 1.29 is 14.3 Å². The number of carbonyl (C=O) groups excluding carboxylic acids is 1. The number of benzene rings is 2. The molecular weight excluding hydrogens is 302 g/mol. The number of carbonyl (C=O) groups is 1. The van der Waals surface area contributed by atoms with E-state index in [1.165, 1.54) is 7.11 Å². The van der Waals surface area contributed by atoms with Crippen LogP contribution in [0.2, 0.25) is 0 Å². The Bertz CT molecular complexity index is 916. The molecule has 0 bridgehead atoms. The summed E-state index contributed by atoms with van der Waals surface area (Å²) in [4.78, 5) is 16.5. The first-order valence-corrected chi connectivity index (χ1v) is 7.49. The van der Waals surface area contributed by atoms with E-state index in [4.69, 9.17) is 9.47 Å². The van der Waals surface area contributed by atoms with Crippen molar-refractivity contribution in [2.45, 2.75) is 0 Å². The van der Waals surface area contributed by atoms with Gasteiger partial charge in [-0.25, -0.2) is 0 Å². The molecule has 120 valence electrons. The van der Waals surface area contributed by atoms with Crippen LogP contribution in [0.1, 0.15) is 15.9 Å². The fourth-order valence-electron chi connectivity index (χ4n) is 2.47. The number of fused-ring (bicyclic) bond motifs is 1. The number of nitrogens with zero attached hydrogens (tertiary/aromatic N) is 1. The molecule has 4 nitrogen and oxygen atoms in total. The highest BCUT2D eigenvalue weighted by Gasteiger charge is 2.10. The van der Waals surface area contributed by atoms with Gasteiger partial charge in [-0.3, -0.25) is 9.78 Å². The lowest BCUT2D eigenvalue weighted by atomic mass is 10.1. The molecule has 4 heteroatoms. The van der Waals surface area contributed by atoms with Gasteiger partial charge < -0.3 is 9.47 Å². The van der Waals surface area contributed by atoms with E-state index in [1.807, 2.05) is 30.5 Å². The molecule has 1 aromatic heterocycles. The van der Waals surface area contributed by atoms with Crippen LogP contribution in [-0.2, 0) is 0 Å². The van der Waals surface area contributed by atoms with E-state index in [-0.39, 0.29) is 5.78 Å². The standard InChI is InChI=1S/C20H17NO3/c1-23-17-6-7-18(20(12-17)24-2)19(22)8-4-14-3-5-16-13-21-10-9-15(16)11-14/h3-13H,1-2H3/b8-4+. The summed E-state index contributed by atoms with van der Waals surface area (Å²) in [5.74, 6) is 1.02. The van der Waals surface area contributed by atoms with Gasteiger partial charge in [0.25, 0.3) is 0 Å². The molecule has 24 heavy (non-hydrogen) atoms. The van der Waals surface area contributed by atoms with Crippen LogP contribution in [0.15, 0.2) is 60.9 Å². The number of hydrogen-bond acceptors (Lipinski definition) is 4. The molecule has 0 spiro atoms. The number of aromatic nitrogens is 1. The highest BCUT2D eigenvalue weighted by Crippen LogP contribution is 2.25. The Hall–Kier alpha value is -3.14. The number of rotatable bonds is 5. The molecule has 1 heterocycles. The second kappa shape index (κ2) is 6.96. The van der Waals surface area contributed by atoms with Gasteiger partial charge in [-0.15, -0.1) is 0 Å². The summed E-state index contributed by atoms with van der Waals surface area (Å²) < 4.78 is 10.4. The van der Waals surface area contributed by atoms with Crippen molar-refractivity contribution in [3.8, 4) is 11.5 Å². The van der Waals surface area contributed by atoms with E-state index in [9.17, 15) is 4.79 Å². The Morgan fingerprint density at radius 3 is 2.67 bits per heavy atom. The minimum absolute atomic E-state index is 0.121. The quantitative estimate of drug-likeness (QED) is 0.523. The van der Waals surface area contributed by atoms with E-state index in [0.717, 1.165) is 16.3 Å². The molecule has 0 saturated carbocycles. The van der Waals surface area contributed by atoms with Gasteiger partial charge in [0.2, 0.25) is 0 Å². The number of allylic oxidation sites excluding steroid dienone is 1. The van der Waals surface area contributed by atoms with E-state index in [1.54, 1.807) is 43.7 Å². The zero-order chi connectivity index (χ0) is 16.9. The molecule has 0 N–H and O–H groups in total. The first-order chi connectivity index (χ1) is 11.7. The summed E-state index contributed by atoms with van der Waals surface area (Å²) in [5.41, 5.74) is 1.45. The number of ether oxygens (including phenoxy) is 2. The molecule has 0 radical (unpaired) electrons. The molecule has 0 unspecified atom stereocenters. The molecule has 3 rings (SSSR count). The van der Waals surface area contributed by atoms with Crippen molar-refractivity contribution >= 4 is 22.6 Å². The maximum Gasteiger partial charge on any atom is 0.189 e. The van der Waals surface area contributed by atoms with Crippen LogP contribution >= 0.6 is 0 Å². The van der Waals surface area contributed by atoms with Crippen LogP contribution < -0.4 is 9.47 Å². The monoisotopic (exact) mass is 319 g/mol. The van der Waals surface area contributed by atoms with Crippen molar-refractivity contribution in [3.05, 3.63) is 72.1 Å². The normalized spacial score (nSPS) is 10.9. The van der Waals surface area contributed by atoms with Gasteiger partial charge in [-0.1, -0.05) is 18.2 Å². The molecule has 3 aromatic rings. The van der Waals surface area contributed by atoms with Crippen molar-refractivity contribution in [2.24, 2.45) is 0 Å². The third-order valence-corrected chi connectivity index (χ3v) is 3.77. The number of pyridine rings is 1. The molecule has 0 aliphatic carbocycles. The lowest BCUT2D eigenvalue weighted by Crippen LogP contribution is -1.99. The summed E-state index contributed by atoms with van der Waals surface area (Å²) in [7, 11) is 3.11. The molecule has 0 atom stereocenters. The smallest absolute Gasteiger partial charge is 0.189 e. The van der Waals surface area contributed by atoms with E-state index < -0.39 is 0 Å². The Kier molecular flexibility index (Phi) is 4.57. The average Bonchev–Trinajstić information content (AvgIpc) is 2.65. The maximum absolute atomic E-state index is 12.4. The summed E-state index contributed by atoms with van der Waals surface area (Å²) in [6.07, 6.45) is 6.91. The fourth-order valence-corrected chi connectivity index (χ4v) is 2.47. The third kappa shape index (κ3) is 3.27. The zero-order valence-electron chi connectivity index (χ0n) is 13.5. The Balaban J connectivity index is 1.86. The molecule has 2 aromatic carbocycles. The van der Waals surface area contributed by atoms with Crippen LogP contribution in [0, 0.1) is 0 Å². The molecule has 0 aliphatic heterocycles. The fraction of sp³-hybridized carbons (Fsp3) is 0.100. The minimum Gasteiger partial charge on any atom is -0.497 e. The van der Waals surface area contributed by atoms with Crippen molar-refractivity contribution in [1.82, 2.24) is 4.98 Å². The van der Waals surface area contributed by atoms with E-state index in [2.05, 4.69) is 4.98 Å². The van der Waals surface area contributed by atoms with Gasteiger partial charge in [0, 0.05) is 23.8 Å². The first kappa shape index (κ1) is 15.7. The summed E-state index contributed by atoms with van der Waals surface area (Å²) in [5, 5.41) is 2.15. The van der Waals surface area contributed by atoms with Crippen LogP contribution in [0.5, 0.6) is 11.5 Å². The van der Waals surface area contributed by atoms with Gasteiger partial charge in [0.15, 0.2) is 5.78 Å². The zero-order valence-corrected chi connectivity index (χ0v) is 13.5. The SMILES string of the molecule is COc1ccc(C(=O)/C=C/c2ccc3cnccc3c2)c(OC)c1. The van der Waals surface area contributed by atoms with Crippen LogP contribution in [0.3, 0.4) is 0 Å². The third-order valence-electron chi connectivity index (χ3n) is 3.77. The molecule has 0 aliphatic rings. The summed E-state index contributed by atoms with van der Waals surface area (Å²) in [6.45, 7) is 0. The number of methoxy groups -OCH3 is 2. The van der Waals surface area contributed by atoms with Gasteiger partial charge in [-0.2, -0.15) is 0 Å². The van der Waals surface area contributed by atoms with Gasteiger partial charge in [-0.05, 0) is 41.3 Å². The Morgan fingerprint density at radius 2 is 1.88 bits per heavy atom. The van der Waals surface area contributed by atoms with E-state index >= 15 is 0 Å². The topological polar surface area (TPSA) is 48.4 Å². The van der Waals surface area contributed by atoms with Crippen LogP contribution in [-0.4, -0.2) is 25.0 Å². The van der Waals surface area contributed by atoms with Crippen molar-refractivity contribution in [2.75, 3.05) is 14.2 Å². The van der Waals surface area contributed by atoms with Gasteiger partial charge in [0.1, 0.15) is 11.5 Å². The highest BCUT2D eigenvalue weighted by molar-refractivity contribution is 6.08. The molecule has 0 saturated heterocycles. The lowest BCUT2D eigenvalue weighted by molar-refractivity contribution is 0.104.